The molecular weight excluding hydrogens is 403 g/mol. The number of ether oxygens (including phenoxy) is 1. The Morgan fingerprint density at radius 3 is 2.55 bits per heavy atom. The van der Waals surface area contributed by atoms with Crippen LogP contribution in [0.5, 0.6) is 5.75 Å². The summed E-state index contributed by atoms with van der Waals surface area (Å²) >= 11 is 0. The maximum absolute atomic E-state index is 12.6. The Labute approximate surface area is 181 Å². The lowest BCUT2D eigenvalue weighted by Gasteiger charge is -2.36. The smallest absolute Gasteiger partial charge is 0.347 e. The number of unbranched alkanes of at least 4 members (excludes halogenated alkanes) is 1. The Balaban J connectivity index is 1.41. The van der Waals surface area contributed by atoms with E-state index in [1.54, 1.807) is 7.11 Å². The number of piperazine rings is 1. The van der Waals surface area contributed by atoms with Crippen LogP contribution in [0.25, 0.3) is 0 Å². The fourth-order valence-corrected chi connectivity index (χ4v) is 3.73. The van der Waals surface area contributed by atoms with Gasteiger partial charge in [-0.3, -0.25) is 14.3 Å². The first-order valence-electron chi connectivity index (χ1n) is 10.6. The predicted molar refractivity (Wildman–Crippen MR) is 119 cm³/mol. The molecule has 0 atom stereocenters. The van der Waals surface area contributed by atoms with Gasteiger partial charge in [-0.05, 0) is 31.5 Å². The van der Waals surface area contributed by atoms with Crippen LogP contribution in [0.15, 0.2) is 33.9 Å². The van der Waals surface area contributed by atoms with Gasteiger partial charge in [-0.15, -0.1) is 5.10 Å². The Bertz CT molecular complexity index is 968. The first-order valence-corrected chi connectivity index (χ1v) is 10.6. The highest BCUT2D eigenvalue weighted by atomic mass is 19.1. The van der Waals surface area contributed by atoms with E-state index in [9.17, 15) is 14.0 Å². The van der Waals surface area contributed by atoms with Gasteiger partial charge in [0.1, 0.15) is 12.4 Å². The Kier molecular flexibility index (Phi) is 8.05. The molecule has 170 valence electrons. The normalized spacial score (nSPS) is 14.6. The van der Waals surface area contributed by atoms with E-state index in [4.69, 9.17) is 4.74 Å². The summed E-state index contributed by atoms with van der Waals surface area (Å²) in [5.74, 6) is 0.987. The number of hydrogen-bond donors (Lipinski definition) is 1. The van der Waals surface area contributed by atoms with E-state index < -0.39 is 17.9 Å². The minimum Gasteiger partial charge on any atom is -0.495 e. The number of aryl methyl sites for hydroxylation is 1. The molecule has 1 aliphatic heterocycles. The molecule has 1 fully saturated rings. The summed E-state index contributed by atoms with van der Waals surface area (Å²) in [5.41, 5.74) is 0.0325. The second-order valence-corrected chi connectivity index (χ2v) is 7.54. The van der Waals surface area contributed by atoms with E-state index in [1.165, 1.54) is 7.05 Å². The Hall–Kier alpha value is -2.88. The third-order valence-corrected chi connectivity index (χ3v) is 5.52. The lowest BCUT2D eigenvalue weighted by atomic mass is 10.2. The van der Waals surface area contributed by atoms with Crippen LogP contribution in [0, 0.1) is 0 Å². The predicted octanol–water partition coefficient (Wildman–Crippen LogP) is 0.934. The number of halogens is 1. The molecule has 0 bridgehead atoms. The highest BCUT2D eigenvalue weighted by Gasteiger charge is 2.19. The maximum atomic E-state index is 12.6. The van der Waals surface area contributed by atoms with Crippen molar-refractivity contribution in [1.29, 1.82) is 0 Å². The fraction of sp³-hybridized carbons (Fsp3) is 0.571. The molecule has 1 saturated heterocycles. The van der Waals surface area contributed by atoms with Crippen LogP contribution >= 0.6 is 0 Å². The van der Waals surface area contributed by atoms with Gasteiger partial charge in [0.2, 0.25) is 5.82 Å². The monoisotopic (exact) mass is 434 g/mol. The molecular formula is C21H31FN6O3. The van der Waals surface area contributed by atoms with Gasteiger partial charge in [0.25, 0.3) is 5.56 Å². The van der Waals surface area contributed by atoms with E-state index in [2.05, 4.69) is 26.3 Å². The number of alkyl halides is 1. The summed E-state index contributed by atoms with van der Waals surface area (Å²) in [6, 6.07) is 8.09. The maximum Gasteiger partial charge on any atom is 0.347 e. The quantitative estimate of drug-likeness (QED) is 0.557. The first kappa shape index (κ1) is 22.8. The van der Waals surface area contributed by atoms with Crippen LogP contribution in [0.3, 0.4) is 0 Å². The topological polar surface area (TPSA) is 84.6 Å². The average Bonchev–Trinajstić information content (AvgIpc) is 2.80. The molecule has 1 N–H and O–H groups in total. The molecule has 0 amide bonds. The minimum atomic E-state index is -0.713. The molecule has 0 radical (unpaired) electrons. The number of nitrogens with zero attached hydrogens (tertiary/aromatic N) is 5. The van der Waals surface area contributed by atoms with Gasteiger partial charge < -0.3 is 15.0 Å². The van der Waals surface area contributed by atoms with E-state index in [1.807, 2.05) is 18.2 Å². The highest BCUT2D eigenvalue weighted by Crippen LogP contribution is 2.28. The summed E-state index contributed by atoms with van der Waals surface area (Å²) in [5, 5.41) is 6.95. The summed E-state index contributed by atoms with van der Waals surface area (Å²) in [4.78, 5) is 28.8. The van der Waals surface area contributed by atoms with Crippen molar-refractivity contribution < 1.29 is 9.13 Å². The van der Waals surface area contributed by atoms with Crippen molar-refractivity contribution in [3.8, 4) is 5.75 Å². The van der Waals surface area contributed by atoms with E-state index in [-0.39, 0.29) is 12.4 Å². The van der Waals surface area contributed by atoms with Crippen molar-refractivity contribution in [2.45, 2.75) is 19.4 Å². The number of para-hydroxylation sites is 2. The van der Waals surface area contributed by atoms with Gasteiger partial charge in [0.15, 0.2) is 0 Å². The van der Waals surface area contributed by atoms with Crippen molar-refractivity contribution in [2.75, 3.05) is 63.3 Å². The molecule has 2 aromatic rings. The first-order chi connectivity index (χ1) is 15.0. The summed E-state index contributed by atoms with van der Waals surface area (Å²) < 4.78 is 20.0. The number of hydrogen-bond acceptors (Lipinski definition) is 7. The van der Waals surface area contributed by atoms with Gasteiger partial charge in [-0.1, -0.05) is 12.1 Å². The zero-order chi connectivity index (χ0) is 22.2. The van der Waals surface area contributed by atoms with E-state index in [0.717, 1.165) is 66.3 Å². The number of benzene rings is 1. The van der Waals surface area contributed by atoms with Gasteiger partial charge in [-0.25, -0.2) is 13.9 Å². The molecule has 0 aliphatic carbocycles. The molecule has 0 spiro atoms. The molecule has 1 aromatic carbocycles. The second-order valence-electron chi connectivity index (χ2n) is 7.54. The number of rotatable bonds is 10. The molecule has 31 heavy (non-hydrogen) atoms. The van der Waals surface area contributed by atoms with Crippen LogP contribution in [0.4, 0.5) is 15.9 Å². The van der Waals surface area contributed by atoms with Crippen LogP contribution in [-0.4, -0.2) is 72.3 Å². The number of anilines is 2. The molecule has 3 rings (SSSR count). The molecule has 0 saturated carbocycles. The lowest BCUT2D eigenvalue weighted by molar-refractivity contribution is 0.253. The van der Waals surface area contributed by atoms with Crippen molar-refractivity contribution in [2.24, 2.45) is 7.05 Å². The van der Waals surface area contributed by atoms with Crippen molar-refractivity contribution in [1.82, 2.24) is 19.2 Å². The number of aromatic nitrogens is 3. The van der Waals surface area contributed by atoms with Gasteiger partial charge >= 0.3 is 5.69 Å². The van der Waals surface area contributed by atoms with Gasteiger partial charge in [-0.2, -0.15) is 0 Å². The third-order valence-electron chi connectivity index (χ3n) is 5.52. The molecule has 9 nitrogen and oxygen atoms in total. The van der Waals surface area contributed by atoms with Crippen LogP contribution in [-0.2, 0) is 13.6 Å². The van der Waals surface area contributed by atoms with Gasteiger partial charge in [0, 0.05) is 39.8 Å². The third kappa shape index (κ3) is 5.63. The number of nitrogens with one attached hydrogen (secondary N) is 1. The lowest BCUT2D eigenvalue weighted by Crippen LogP contribution is -2.46. The minimum absolute atomic E-state index is 0.0842. The summed E-state index contributed by atoms with van der Waals surface area (Å²) in [6.07, 6.45) is 1.84. The van der Waals surface area contributed by atoms with Gasteiger partial charge in [0.05, 0.1) is 19.3 Å². The van der Waals surface area contributed by atoms with Crippen LogP contribution in [0.1, 0.15) is 12.8 Å². The average molecular weight is 435 g/mol. The largest absolute Gasteiger partial charge is 0.495 e. The van der Waals surface area contributed by atoms with Crippen molar-refractivity contribution in [3.63, 3.8) is 0 Å². The summed E-state index contributed by atoms with van der Waals surface area (Å²) in [7, 11) is 3.07. The number of methoxy groups -OCH3 is 1. The van der Waals surface area contributed by atoms with Crippen LogP contribution in [0.2, 0.25) is 0 Å². The van der Waals surface area contributed by atoms with Crippen molar-refractivity contribution >= 4 is 11.5 Å². The van der Waals surface area contributed by atoms with Crippen LogP contribution < -0.4 is 26.2 Å². The Morgan fingerprint density at radius 1 is 1.10 bits per heavy atom. The molecule has 1 aromatic heterocycles. The zero-order valence-corrected chi connectivity index (χ0v) is 18.2. The fourth-order valence-electron chi connectivity index (χ4n) is 3.73. The molecule has 2 heterocycles. The SMILES string of the molecule is COc1ccccc1N1CCN(CCCCNc2nn(CCF)c(=O)n(C)c2=O)CC1. The molecule has 1 aliphatic rings. The molecule has 10 heteroatoms. The van der Waals surface area contributed by atoms with E-state index >= 15 is 0 Å². The highest BCUT2D eigenvalue weighted by molar-refractivity contribution is 5.58. The second kappa shape index (κ2) is 10.9. The van der Waals surface area contributed by atoms with Crippen molar-refractivity contribution in [3.05, 3.63) is 45.1 Å². The molecule has 0 unspecified atom stereocenters. The standard InChI is InChI=1S/C21H31FN6O3/c1-25-20(29)19(24-28(12-9-22)21(25)30)23-10-5-6-11-26-13-15-27(16-14-26)17-7-3-4-8-18(17)31-2/h3-4,7-8H,5-6,9-16H2,1-2H3,(H,23,24). The summed E-state index contributed by atoms with van der Waals surface area (Å²) in [6.45, 7) is 4.55. The zero-order valence-electron chi connectivity index (χ0n) is 18.2. The van der Waals surface area contributed by atoms with E-state index in [0.29, 0.717) is 6.54 Å². The Morgan fingerprint density at radius 2 is 1.84 bits per heavy atom.